The molecule has 4 nitrogen and oxygen atoms in total. The van der Waals surface area contributed by atoms with Crippen LogP contribution in [0.1, 0.15) is 54.1 Å². The third kappa shape index (κ3) is 5.55. The fourth-order valence-corrected chi connectivity index (χ4v) is 4.17. The lowest BCUT2D eigenvalue weighted by atomic mass is 9.88. The van der Waals surface area contributed by atoms with E-state index >= 15 is 0 Å². The van der Waals surface area contributed by atoms with Crippen LogP contribution in [0.5, 0.6) is 0 Å². The van der Waals surface area contributed by atoms with Crippen LogP contribution < -0.4 is 5.32 Å². The lowest BCUT2D eigenvalue weighted by Gasteiger charge is -2.35. The molecule has 0 radical (unpaired) electrons. The summed E-state index contributed by atoms with van der Waals surface area (Å²) in [6.07, 6.45) is 1.87. The van der Waals surface area contributed by atoms with Gasteiger partial charge in [0, 0.05) is 35.6 Å². The Morgan fingerprint density at radius 3 is 2.40 bits per heavy atom. The highest BCUT2D eigenvalue weighted by atomic mass is 35.5. The predicted octanol–water partition coefficient (Wildman–Crippen LogP) is 5.24. The molecule has 3 rings (SSSR count). The van der Waals surface area contributed by atoms with E-state index < -0.39 is 0 Å². The molecule has 1 N–H and O–H groups in total. The normalized spacial score (nSPS) is 16.7. The minimum Gasteiger partial charge on any atom is -0.349 e. The van der Waals surface area contributed by atoms with Gasteiger partial charge in [0.15, 0.2) is 0 Å². The van der Waals surface area contributed by atoms with E-state index in [1.807, 2.05) is 43.0 Å². The Balaban J connectivity index is 1.53. The SMILES string of the molecule is CC(NC(=O)c1cccc(CCl)c1)C(C)C(=O)N1CCC(c2ccc(Cl)cc2)CC1. The third-order valence-electron chi connectivity index (χ3n) is 5.99. The van der Waals surface area contributed by atoms with E-state index in [-0.39, 0.29) is 23.8 Å². The number of likely N-dealkylation sites (tertiary alicyclic amines) is 1. The largest absolute Gasteiger partial charge is 0.349 e. The van der Waals surface area contributed by atoms with Gasteiger partial charge in [0.25, 0.3) is 5.91 Å². The van der Waals surface area contributed by atoms with Gasteiger partial charge in [-0.15, -0.1) is 11.6 Å². The van der Waals surface area contributed by atoms with Crippen molar-refractivity contribution in [2.24, 2.45) is 5.92 Å². The second-order valence-electron chi connectivity index (χ2n) is 8.04. The Hall–Kier alpha value is -2.04. The minimum absolute atomic E-state index is 0.0897. The van der Waals surface area contributed by atoms with Gasteiger partial charge >= 0.3 is 0 Å². The van der Waals surface area contributed by atoms with Crippen molar-refractivity contribution in [3.05, 3.63) is 70.2 Å². The van der Waals surface area contributed by atoms with E-state index in [4.69, 9.17) is 23.2 Å². The first-order chi connectivity index (χ1) is 14.4. The molecule has 0 spiro atoms. The molecule has 2 aromatic rings. The van der Waals surface area contributed by atoms with E-state index in [1.54, 1.807) is 12.1 Å². The third-order valence-corrected chi connectivity index (χ3v) is 6.55. The number of nitrogens with one attached hydrogen (secondary N) is 1. The molecular weight excluding hydrogens is 419 g/mol. The Morgan fingerprint density at radius 2 is 1.77 bits per heavy atom. The number of rotatable bonds is 6. The molecule has 0 aliphatic carbocycles. The maximum Gasteiger partial charge on any atom is 0.251 e. The van der Waals surface area contributed by atoms with Crippen molar-refractivity contribution in [2.75, 3.05) is 13.1 Å². The fraction of sp³-hybridized carbons (Fsp3) is 0.417. The highest BCUT2D eigenvalue weighted by Gasteiger charge is 2.30. The number of carbonyl (C=O) groups is 2. The van der Waals surface area contributed by atoms with E-state index in [0.717, 1.165) is 36.5 Å². The molecule has 1 aliphatic heterocycles. The maximum absolute atomic E-state index is 13.0. The summed E-state index contributed by atoms with van der Waals surface area (Å²) in [4.78, 5) is 27.5. The zero-order valence-electron chi connectivity index (χ0n) is 17.4. The summed E-state index contributed by atoms with van der Waals surface area (Å²) in [5.74, 6) is 0.421. The van der Waals surface area contributed by atoms with Gasteiger partial charge in [-0.3, -0.25) is 9.59 Å². The first-order valence-corrected chi connectivity index (χ1v) is 11.3. The average molecular weight is 447 g/mol. The van der Waals surface area contributed by atoms with Gasteiger partial charge in [-0.1, -0.05) is 42.8 Å². The van der Waals surface area contributed by atoms with Crippen LogP contribution in [0.4, 0.5) is 0 Å². The number of nitrogens with zero attached hydrogens (tertiary/aromatic N) is 1. The topological polar surface area (TPSA) is 49.4 Å². The smallest absolute Gasteiger partial charge is 0.251 e. The molecule has 0 saturated carbocycles. The zero-order valence-corrected chi connectivity index (χ0v) is 18.9. The summed E-state index contributed by atoms with van der Waals surface area (Å²) in [5.41, 5.74) is 2.73. The summed E-state index contributed by atoms with van der Waals surface area (Å²) in [6.45, 7) is 5.23. The number of hydrogen-bond donors (Lipinski definition) is 1. The summed E-state index contributed by atoms with van der Waals surface area (Å²) in [7, 11) is 0. The van der Waals surface area contributed by atoms with E-state index in [0.29, 0.717) is 17.4 Å². The number of alkyl halides is 1. The van der Waals surface area contributed by atoms with Crippen LogP contribution in [-0.4, -0.2) is 35.8 Å². The van der Waals surface area contributed by atoms with Crippen LogP contribution in [0.25, 0.3) is 0 Å². The molecule has 160 valence electrons. The van der Waals surface area contributed by atoms with E-state index in [9.17, 15) is 9.59 Å². The second kappa shape index (κ2) is 10.3. The first kappa shape index (κ1) is 22.6. The molecule has 1 heterocycles. The van der Waals surface area contributed by atoms with Crippen LogP contribution >= 0.6 is 23.2 Å². The Kier molecular flexibility index (Phi) is 7.79. The maximum atomic E-state index is 13.0. The highest BCUT2D eigenvalue weighted by molar-refractivity contribution is 6.30. The average Bonchev–Trinajstić information content (AvgIpc) is 2.78. The molecular formula is C24H28Cl2N2O2. The summed E-state index contributed by atoms with van der Waals surface area (Å²) < 4.78 is 0. The Bertz CT molecular complexity index is 877. The molecule has 6 heteroatoms. The van der Waals surface area contributed by atoms with Gasteiger partial charge in [-0.25, -0.2) is 0 Å². The van der Waals surface area contributed by atoms with Crippen molar-refractivity contribution in [1.82, 2.24) is 10.2 Å². The molecule has 1 fully saturated rings. The van der Waals surface area contributed by atoms with Gasteiger partial charge in [-0.05, 0) is 61.1 Å². The molecule has 1 saturated heterocycles. The van der Waals surface area contributed by atoms with Gasteiger partial charge in [0.1, 0.15) is 0 Å². The fourth-order valence-electron chi connectivity index (χ4n) is 3.88. The summed E-state index contributed by atoms with van der Waals surface area (Å²) in [5, 5.41) is 3.71. The van der Waals surface area contributed by atoms with Gasteiger partial charge in [-0.2, -0.15) is 0 Å². The van der Waals surface area contributed by atoms with Crippen molar-refractivity contribution >= 4 is 35.0 Å². The number of benzene rings is 2. The van der Waals surface area contributed by atoms with Gasteiger partial charge in [0.05, 0.1) is 5.92 Å². The van der Waals surface area contributed by atoms with Crippen molar-refractivity contribution < 1.29 is 9.59 Å². The molecule has 2 atom stereocenters. The number of carbonyl (C=O) groups excluding carboxylic acids is 2. The minimum atomic E-state index is -0.294. The number of hydrogen-bond acceptors (Lipinski definition) is 2. The van der Waals surface area contributed by atoms with Crippen molar-refractivity contribution in [1.29, 1.82) is 0 Å². The van der Waals surface area contributed by atoms with Crippen molar-refractivity contribution in [3.63, 3.8) is 0 Å². The Labute approximate surface area is 188 Å². The van der Waals surface area contributed by atoms with E-state index in [1.165, 1.54) is 5.56 Å². The molecule has 30 heavy (non-hydrogen) atoms. The molecule has 0 bridgehead atoms. The predicted molar refractivity (Wildman–Crippen MR) is 122 cm³/mol. The van der Waals surface area contributed by atoms with Crippen LogP contribution in [0.3, 0.4) is 0 Å². The number of halogens is 2. The van der Waals surface area contributed by atoms with Crippen LogP contribution in [0.2, 0.25) is 5.02 Å². The summed E-state index contributed by atoms with van der Waals surface area (Å²) in [6, 6.07) is 15.0. The molecule has 0 aromatic heterocycles. The quantitative estimate of drug-likeness (QED) is 0.616. The molecule has 2 amide bonds. The van der Waals surface area contributed by atoms with Crippen LogP contribution in [0.15, 0.2) is 48.5 Å². The lowest BCUT2D eigenvalue weighted by Crippen LogP contribution is -2.47. The summed E-state index contributed by atoms with van der Waals surface area (Å²) >= 11 is 11.8. The monoisotopic (exact) mass is 446 g/mol. The van der Waals surface area contributed by atoms with Gasteiger partial charge in [0.2, 0.25) is 5.91 Å². The highest BCUT2D eigenvalue weighted by Crippen LogP contribution is 2.29. The number of amides is 2. The first-order valence-electron chi connectivity index (χ1n) is 10.4. The molecule has 1 aliphatic rings. The van der Waals surface area contributed by atoms with Crippen LogP contribution in [-0.2, 0) is 10.7 Å². The van der Waals surface area contributed by atoms with Crippen molar-refractivity contribution in [2.45, 2.75) is 44.5 Å². The van der Waals surface area contributed by atoms with E-state index in [2.05, 4.69) is 17.4 Å². The number of piperidine rings is 1. The zero-order chi connectivity index (χ0) is 21.7. The standard InChI is InChI=1S/C24H28Cl2N2O2/c1-16(17(2)27-23(29)21-5-3-4-18(14-21)15-25)24(30)28-12-10-20(11-13-28)19-6-8-22(26)9-7-19/h3-9,14,16-17,20H,10-13,15H2,1-2H3,(H,27,29). The molecule has 2 unspecified atom stereocenters. The second-order valence-corrected chi connectivity index (χ2v) is 8.74. The van der Waals surface area contributed by atoms with Crippen molar-refractivity contribution in [3.8, 4) is 0 Å². The van der Waals surface area contributed by atoms with Gasteiger partial charge < -0.3 is 10.2 Å². The molecule has 2 aromatic carbocycles. The lowest BCUT2D eigenvalue weighted by molar-refractivity contribution is -0.136. The Morgan fingerprint density at radius 1 is 1.10 bits per heavy atom. The van der Waals surface area contributed by atoms with Crippen LogP contribution in [0, 0.1) is 5.92 Å².